The van der Waals surface area contributed by atoms with E-state index in [1.54, 1.807) is 43.5 Å². The molecule has 0 unspecified atom stereocenters. The van der Waals surface area contributed by atoms with Crippen molar-refractivity contribution >= 4 is 22.8 Å². The van der Waals surface area contributed by atoms with Crippen LogP contribution in [0, 0.1) is 0 Å². The molecule has 0 spiro atoms. The van der Waals surface area contributed by atoms with Gasteiger partial charge in [-0.3, -0.25) is 9.59 Å². The van der Waals surface area contributed by atoms with Gasteiger partial charge in [0.15, 0.2) is 6.10 Å². The van der Waals surface area contributed by atoms with Crippen molar-refractivity contribution in [2.75, 3.05) is 7.11 Å². The van der Waals surface area contributed by atoms with Crippen LogP contribution in [0.3, 0.4) is 0 Å². The third-order valence-electron chi connectivity index (χ3n) is 4.25. The summed E-state index contributed by atoms with van der Waals surface area (Å²) in [7, 11) is 1.58. The van der Waals surface area contributed by atoms with Gasteiger partial charge in [0.05, 0.1) is 12.7 Å². The summed E-state index contributed by atoms with van der Waals surface area (Å²) in [6.45, 7) is 1.77. The summed E-state index contributed by atoms with van der Waals surface area (Å²) in [5.74, 6) is -0.435. The predicted octanol–water partition coefficient (Wildman–Crippen LogP) is 2.40. The summed E-state index contributed by atoms with van der Waals surface area (Å²) >= 11 is 0. The second kappa shape index (κ2) is 8.39. The van der Waals surface area contributed by atoms with Crippen LogP contribution in [0.5, 0.6) is 5.75 Å². The van der Waals surface area contributed by atoms with Gasteiger partial charge in [-0.1, -0.05) is 30.3 Å². The van der Waals surface area contributed by atoms with Crippen LogP contribution in [-0.4, -0.2) is 30.1 Å². The Kier molecular flexibility index (Phi) is 5.74. The van der Waals surface area contributed by atoms with E-state index in [2.05, 4.69) is 10.3 Å². The van der Waals surface area contributed by atoms with E-state index in [1.165, 1.54) is 13.0 Å². The van der Waals surface area contributed by atoms with E-state index in [-0.39, 0.29) is 5.56 Å². The number of carbonyl (C=O) groups is 2. The molecule has 7 nitrogen and oxygen atoms in total. The summed E-state index contributed by atoms with van der Waals surface area (Å²) in [4.78, 5) is 39.2. The van der Waals surface area contributed by atoms with E-state index >= 15 is 0 Å². The van der Waals surface area contributed by atoms with E-state index in [1.807, 2.05) is 12.1 Å². The number of ether oxygens (including phenoxy) is 2. The summed E-state index contributed by atoms with van der Waals surface area (Å²) < 4.78 is 10.4. The Labute approximate surface area is 161 Å². The Hall–Kier alpha value is -3.61. The van der Waals surface area contributed by atoms with Gasteiger partial charge in [-0.25, -0.2) is 4.79 Å². The highest BCUT2D eigenvalue weighted by molar-refractivity contribution is 6.03. The van der Waals surface area contributed by atoms with Crippen molar-refractivity contribution in [2.45, 2.75) is 19.6 Å². The maximum Gasteiger partial charge on any atom is 0.339 e. The number of benzene rings is 2. The Morgan fingerprint density at radius 2 is 1.82 bits per heavy atom. The molecule has 0 saturated heterocycles. The molecule has 0 saturated carbocycles. The molecule has 1 aromatic heterocycles. The van der Waals surface area contributed by atoms with Crippen molar-refractivity contribution in [3.63, 3.8) is 0 Å². The predicted molar refractivity (Wildman–Crippen MR) is 104 cm³/mol. The molecule has 7 heteroatoms. The van der Waals surface area contributed by atoms with E-state index in [4.69, 9.17) is 9.47 Å². The number of carbonyl (C=O) groups excluding carboxylic acids is 2. The Bertz CT molecular complexity index is 1060. The molecule has 0 aliphatic rings. The highest BCUT2D eigenvalue weighted by atomic mass is 16.5. The smallest absolute Gasteiger partial charge is 0.339 e. The monoisotopic (exact) mass is 380 g/mol. The van der Waals surface area contributed by atoms with Crippen molar-refractivity contribution in [3.05, 3.63) is 76.1 Å². The third kappa shape index (κ3) is 4.37. The second-order valence-electron chi connectivity index (χ2n) is 6.21. The lowest BCUT2D eigenvalue weighted by atomic mass is 10.1. The lowest BCUT2D eigenvalue weighted by Gasteiger charge is -2.14. The van der Waals surface area contributed by atoms with Gasteiger partial charge in [-0.2, -0.15) is 0 Å². The zero-order valence-corrected chi connectivity index (χ0v) is 15.5. The summed E-state index contributed by atoms with van der Waals surface area (Å²) in [6.07, 6.45) is -1.01. The number of hydrogen-bond acceptors (Lipinski definition) is 5. The van der Waals surface area contributed by atoms with Crippen molar-refractivity contribution in [3.8, 4) is 5.75 Å². The zero-order valence-electron chi connectivity index (χ0n) is 15.5. The van der Waals surface area contributed by atoms with Crippen LogP contribution in [-0.2, 0) is 16.1 Å². The molecule has 1 amide bonds. The maximum atomic E-state index is 12.5. The first-order chi connectivity index (χ1) is 13.5. The number of methoxy groups -OCH3 is 1. The number of nitrogens with one attached hydrogen (secondary N) is 2. The molecule has 0 bridgehead atoms. The van der Waals surface area contributed by atoms with Gasteiger partial charge in [-0.05, 0) is 30.7 Å². The quantitative estimate of drug-likeness (QED) is 0.640. The lowest BCUT2D eigenvalue weighted by Crippen LogP contribution is -2.35. The zero-order chi connectivity index (χ0) is 20.1. The number of rotatable bonds is 6. The number of fused-ring (bicyclic) bond motifs is 1. The fourth-order valence-electron chi connectivity index (χ4n) is 2.73. The average molecular weight is 380 g/mol. The van der Waals surface area contributed by atoms with E-state index < -0.39 is 23.5 Å². The molecule has 0 aliphatic heterocycles. The number of pyridine rings is 1. The molecule has 2 N–H and O–H groups in total. The van der Waals surface area contributed by atoms with Gasteiger partial charge in [0.2, 0.25) is 5.56 Å². The van der Waals surface area contributed by atoms with Crippen LogP contribution in [0.1, 0.15) is 22.8 Å². The highest BCUT2D eigenvalue weighted by Crippen LogP contribution is 2.16. The number of H-pyrrole nitrogens is 1. The van der Waals surface area contributed by atoms with Crippen molar-refractivity contribution in [1.82, 2.24) is 10.3 Å². The number of aromatic amines is 1. The fraction of sp³-hybridized carbons (Fsp3) is 0.190. The molecular formula is C21H20N2O5. The van der Waals surface area contributed by atoms with Crippen LogP contribution in [0.15, 0.2) is 59.4 Å². The second-order valence-corrected chi connectivity index (χ2v) is 6.21. The molecule has 1 atom stereocenters. The van der Waals surface area contributed by atoms with Crippen LogP contribution in [0.2, 0.25) is 0 Å². The van der Waals surface area contributed by atoms with E-state index in [0.29, 0.717) is 17.4 Å². The molecule has 2 aromatic carbocycles. The molecular weight excluding hydrogens is 360 g/mol. The van der Waals surface area contributed by atoms with Crippen LogP contribution in [0.25, 0.3) is 10.9 Å². The van der Waals surface area contributed by atoms with Crippen molar-refractivity contribution in [2.24, 2.45) is 0 Å². The van der Waals surface area contributed by atoms with Gasteiger partial charge < -0.3 is 19.8 Å². The van der Waals surface area contributed by atoms with Gasteiger partial charge in [0.1, 0.15) is 5.75 Å². The molecule has 3 aromatic rings. The first-order valence-corrected chi connectivity index (χ1v) is 8.71. The van der Waals surface area contributed by atoms with Gasteiger partial charge in [0, 0.05) is 23.5 Å². The van der Waals surface area contributed by atoms with E-state index in [0.717, 1.165) is 11.3 Å². The first kappa shape index (κ1) is 19.2. The normalized spacial score (nSPS) is 11.6. The van der Waals surface area contributed by atoms with Crippen molar-refractivity contribution in [1.29, 1.82) is 0 Å². The van der Waals surface area contributed by atoms with Crippen LogP contribution >= 0.6 is 0 Å². The lowest BCUT2D eigenvalue weighted by molar-refractivity contribution is -0.129. The minimum absolute atomic E-state index is 0.120. The number of hydrogen-bond donors (Lipinski definition) is 2. The summed E-state index contributed by atoms with van der Waals surface area (Å²) in [6, 6.07) is 15.3. The minimum Gasteiger partial charge on any atom is -0.497 e. The molecule has 1 heterocycles. The molecule has 3 rings (SSSR count). The number of esters is 1. The highest BCUT2D eigenvalue weighted by Gasteiger charge is 2.20. The topological polar surface area (TPSA) is 97.5 Å². The molecule has 28 heavy (non-hydrogen) atoms. The average Bonchev–Trinajstić information content (AvgIpc) is 2.71. The third-order valence-corrected chi connectivity index (χ3v) is 4.25. The van der Waals surface area contributed by atoms with Gasteiger partial charge in [-0.15, -0.1) is 0 Å². The largest absolute Gasteiger partial charge is 0.497 e. The molecule has 0 fully saturated rings. The number of para-hydroxylation sites is 1. The summed E-state index contributed by atoms with van der Waals surface area (Å²) in [5, 5.41) is 3.27. The Morgan fingerprint density at radius 1 is 1.11 bits per heavy atom. The molecule has 144 valence electrons. The number of aromatic nitrogens is 1. The van der Waals surface area contributed by atoms with Gasteiger partial charge in [0.25, 0.3) is 5.91 Å². The Balaban J connectivity index is 1.65. The Morgan fingerprint density at radius 3 is 2.54 bits per heavy atom. The van der Waals surface area contributed by atoms with Crippen molar-refractivity contribution < 1.29 is 19.1 Å². The number of amides is 1. The maximum absolute atomic E-state index is 12.5. The van der Waals surface area contributed by atoms with Crippen LogP contribution < -0.4 is 15.6 Å². The standard InChI is InChI=1S/C21H20N2O5/c1-13(20(25)22-12-14-7-9-15(27-2)10-8-14)28-21(26)17-11-19(24)23-18-6-4-3-5-16(17)18/h3-11,13H,12H2,1-2H3,(H,22,25)(H,23,24)/t13-/m1/s1. The van der Waals surface area contributed by atoms with Crippen LogP contribution in [0.4, 0.5) is 0 Å². The SMILES string of the molecule is COc1ccc(CNC(=O)[C@@H](C)OC(=O)c2cc(=O)[nH]c3ccccc23)cc1. The summed E-state index contributed by atoms with van der Waals surface area (Å²) in [5.41, 5.74) is 1.11. The fourth-order valence-corrected chi connectivity index (χ4v) is 2.73. The molecule has 0 aliphatic carbocycles. The van der Waals surface area contributed by atoms with Gasteiger partial charge >= 0.3 is 5.97 Å². The van der Waals surface area contributed by atoms with E-state index in [9.17, 15) is 14.4 Å². The first-order valence-electron chi connectivity index (χ1n) is 8.71. The minimum atomic E-state index is -1.01. The molecule has 0 radical (unpaired) electrons.